The molecule has 1 aliphatic heterocycles. The summed E-state index contributed by atoms with van der Waals surface area (Å²) in [5.41, 5.74) is 5.09. The average molecular weight is 558 g/mol. The second-order valence-electron chi connectivity index (χ2n) is 9.84. The van der Waals surface area contributed by atoms with E-state index in [0.29, 0.717) is 17.0 Å². The quantitative estimate of drug-likeness (QED) is 0.307. The number of hydrogen-bond acceptors (Lipinski definition) is 6. The number of ether oxygens (including phenoxy) is 1. The molecule has 1 heterocycles. The summed E-state index contributed by atoms with van der Waals surface area (Å²) in [4.78, 5) is 51.4. The van der Waals surface area contributed by atoms with E-state index in [1.165, 1.54) is 0 Å². The number of amides is 4. The van der Waals surface area contributed by atoms with Gasteiger partial charge in [-0.15, -0.1) is 0 Å². The van der Waals surface area contributed by atoms with Gasteiger partial charge >= 0.3 is 0 Å². The van der Waals surface area contributed by atoms with E-state index in [2.05, 4.69) is 24.5 Å². The van der Waals surface area contributed by atoms with E-state index in [9.17, 15) is 19.2 Å². The molecule has 0 bridgehead atoms. The lowest BCUT2D eigenvalue weighted by atomic mass is 10.0. The fourth-order valence-corrected chi connectivity index (χ4v) is 5.13. The molecule has 4 rings (SSSR count). The lowest BCUT2D eigenvalue weighted by Crippen LogP contribution is -2.36. The first-order valence-electron chi connectivity index (χ1n) is 12.8. The number of para-hydroxylation sites is 1. The molecule has 0 unspecified atom stereocenters. The van der Waals surface area contributed by atoms with Crippen LogP contribution in [0.1, 0.15) is 42.0 Å². The van der Waals surface area contributed by atoms with Crippen LogP contribution >= 0.6 is 11.8 Å². The van der Waals surface area contributed by atoms with Crippen LogP contribution < -0.4 is 15.4 Å². The van der Waals surface area contributed by atoms with Gasteiger partial charge in [-0.05, 0) is 90.2 Å². The topological polar surface area (TPSA) is 105 Å². The van der Waals surface area contributed by atoms with Crippen molar-refractivity contribution in [2.45, 2.75) is 33.6 Å². The minimum Gasteiger partial charge on any atom is -0.484 e. The molecular formula is C31H31N3O5S. The standard InChI is InChI=1S/C31H31N3O5S/c1-19(2)25-7-5-6-8-26(25)33-29(36)18-39-24-11-9-22(10-12-24)16-27-30(37)34(31(38)40-27)17-28(35)32-23-14-20(3)13-21(4)15-23/h5-16,19H,17-18H2,1-4H3,(H,32,35)(H,33,36)/b27-16+. The Morgan fingerprint density at radius 1 is 0.925 bits per heavy atom. The van der Waals surface area contributed by atoms with Gasteiger partial charge in [-0.1, -0.05) is 50.2 Å². The summed E-state index contributed by atoms with van der Waals surface area (Å²) < 4.78 is 5.62. The van der Waals surface area contributed by atoms with Crippen molar-refractivity contribution in [1.29, 1.82) is 0 Å². The van der Waals surface area contributed by atoms with Crippen molar-refractivity contribution in [3.63, 3.8) is 0 Å². The van der Waals surface area contributed by atoms with Crippen LogP contribution in [0.25, 0.3) is 6.08 Å². The van der Waals surface area contributed by atoms with Crippen LogP contribution in [0.15, 0.2) is 71.6 Å². The molecule has 0 radical (unpaired) electrons. The number of nitrogens with one attached hydrogen (secondary N) is 2. The van der Waals surface area contributed by atoms with Crippen LogP contribution in [0.2, 0.25) is 0 Å². The van der Waals surface area contributed by atoms with Gasteiger partial charge in [0.1, 0.15) is 12.3 Å². The van der Waals surface area contributed by atoms with E-state index in [1.54, 1.807) is 30.3 Å². The number of thioether (sulfide) groups is 1. The van der Waals surface area contributed by atoms with Crippen LogP contribution in [0.4, 0.5) is 16.2 Å². The summed E-state index contributed by atoms with van der Waals surface area (Å²) in [5.74, 6) is -0.490. The maximum atomic E-state index is 12.8. The number of carbonyl (C=O) groups excluding carboxylic acids is 4. The van der Waals surface area contributed by atoms with Crippen LogP contribution in [0, 0.1) is 13.8 Å². The first-order valence-corrected chi connectivity index (χ1v) is 13.7. The Labute approximate surface area is 237 Å². The third kappa shape index (κ3) is 7.39. The van der Waals surface area contributed by atoms with E-state index >= 15 is 0 Å². The minimum atomic E-state index is -0.524. The molecular weight excluding hydrogens is 526 g/mol. The number of imide groups is 1. The molecule has 1 fully saturated rings. The largest absolute Gasteiger partial charge is 0.484 e. The highest BCUT2D eigenvalue weighted by Crippen LogP contribution is 2.32. The number of aryl methyl sites for hydroxylation is 2. The van der Waals surface area contributed by atoms with E-state index < -0.39 is 17.1 Å². The van der Waals surface area contributed by atoms with Crippen molar-refractivity contribution < 1.29 is 23.9 Å². The third-order valence-corrected chi connectivity index (χ3v) is 6.99. The van der Waals surface area contributed by atoms with Crippen LogP contribution in [0.5, 0.6) is 5.75 Å². The van der Waals surface area contributed by atoms with Crippen molar-refractivity contribution in [2.75, 3.05) is 23.8 Å². The smallest absolute Gasteiger partial charge is 0.294 e. The van der Waals surface area contributed by atoms with Gasteiger partial charge in [-0.3, -0.25) is 24.1 Å². The third-order valence-electron chi connectivity index (χ3n) is 6.09. The molecule has 40 heavy (non-hydrogen) atoms. The van der Waals surface area contributed by atoms with Gasteiger partial charge in [-0.2, -0.15) is 0 Å². The fraction of sp³-hybridized carbons (Fsp3) is 0.226. The summed E-state index contributed by atoms with van der Waals surface area (Å²) in [6.07, 6.45) is 1.59. The maximum Gasteiger partial charge on any atom is 0.294 e. The lowest BCUT2D eigenvalue weighted by Gasteiger charge is -2.14. The monoisotopic (exact) mass is 557 g/mol. The summed E-state index contributed by atoms with van der Waals surface area (Å²) in [5, 5.41) is 5.13. The van der Waals surface area contributed by atoms with E-state index in [4.69, 9.17) is 4.74 Å². The van der Waals surface area contributed by atoms with Crippen LogP contribution in [-0.4, -0.2) is 41.0 Å². The number of benzene rings is 3. The lowest BCUT2D eigenvalue weighted by molar-refractivity contribution is -0.127. The molecule has 2 N–H and O–H groups in total. The predicted molar refractivity (Wildman–Crippen MR) is 158 cm³/mol. The second kappa shape index (κ2) is 12.7. The number of rotatable bonds is 9. The molecule has 9 heteroatoms. The Balaban J connectivity index is 1.32. The maximum absolute atomic E-state index is 12.8. The Hall–Kier alpha value is -4.37. The number of hydrogen-bond donors (Lipinski definition) is 2. The van der Waals surface area contributed by atoms with Crippen molar-refractivity contribution in [3.05, 3.63) is 93.9 Å². The SMILES string of the molecule is Cc1cc(C)cc(NC(=O)CN2C(=O)S/C(=C/c3ccc(OCC(=O)Nc4ccccc4C(C)C)cc3)C2=O)c1. The van der Waals surface area contributed by atoms with Gasteiger partial charge in [0, 0.05) is 11.4 Å². The van der Waals surface area contributed by atoms with Gasteiger partial charge < -0.3 is 15.4 Å². The zero-order valence-corrected chi connectivity index (χ0v) is 23.6. The Morgan fingerprint density at radius 3 is 2.27 bits per heavy atom. The number of nitrogens with zero attached hydrogens (tertiary/aromatic N) is 1. The van der Waals surface area contributed by atoms with Crippen molar-refractivity contribution in [1.82, 2.24) is 4.90 Å². The molecule has 0 spiro atoms. The molecule has 3 aromatic carbocycles. The van der Waals surface area contributed by atoms with E-state index in [0.717, 1.165) is 39.0 Å². The van der Waals surface area contributed by atoms with Gasteiger partial charge in [0.15, 0.2) is 6.61 Å². The highest BCUT2D eigenvalue weighted by Gasteiger charge is 2.36. The summed E-state index contributed by atoms with van der Waals surface area (Å²) in [6.45, 7) is 7.45. The molecule has 0 aromatic heterocycles. The predicted octanol–water partition coefficient (Wildman–Crippen LogP) is 6.12. The van der Waals surface area contributed by atoms with Gasteiger partial charge in [0.05, 0.1) is 4.91 Å². The normalized spacial score (nSPS) is 14.1. The van der Waals surface area contributed by atoms with Crippen molar-refractivity contribution in [3.8, 4) is 5.75 Å². The number of carbonyl (C=O) groups is 4. The Morgan fingerprint density at radius 2 is 1.60 bits per heavy atom. The molecule has 0 saturated carbocycles. The highest BCUT2D eigenvalue weighted by atomic mass is 32.2. The molecule has 0 atom stereocenters. The average Bonchev–Trinajstić information content (AvgIpc) is 3.15. The first-order chi connectivity index (χ1) is 19.1. The van der Waals surface area contributed by atoms with Crippen LogP contribution in [-0.2, 0) is 14.4 Å². The minimum absolute atomic E-state index is 0.158. The van der Waals surface area contributed by atoms with Gasteiger partial charge in [-0.25, -0.2) is 0 Å². The molecule has 206 valence electrons. The number of anilines is 2. The molecule has 1 aliphatic rings. The first kappa shape index (κ1) is 28.6. The van der Waals surface area contributed by atoms with Crippen molar-refractivity contribution >= 4 is 52.2 Å². The molecule has 0 aliphatic carbocycles. The zero-order valence-electron chi connectivity index (χ0n) is 22.8. The summed E-state index contributed by atoms with van der Waals surface area (Å²) in [7, 11) is 0. The van der Waals surface area contributed by atoms with E-state index in [-0.39, 0.29) is 29.9 Å². The zero-order chi connectivity index (χ0) is 28.8. The summed E-state index contributed by atoms with van der Waals surface area (Å²) in [6, 6.07) is 20.1. The Bertz CT molecular complexity index is 1460. The second-order valence-corrected chi connectivity index (χ2v) is 10.8. The fourth-order valence-electron chi connectivity index (χ4n) is 4.29. The highest BCUT2D eigenvalue weighted by molar-refractivity contribution is 8.18. The summed E-state index contributed by atoms with van der Waals surface area (Å²) >= 11 is 0.786. The molecule has 4 amide bonds. The van der Waals surface area contributed by atoms with Crippen LogP contribution in [0.3, 0.4) is 0 Å². The Kier molecular flexibility index (Phi) is 9.06. The van der Waals surface area contributed by atoms with Crippen molar-refractivity contribution in [2.24, 2.45) is 0 Å². The van der Waals surface area contributed by atoms with Gasteiger partial charge in [0.2, 0.25) is 5.91 Å². The van der Waals surface area contributed by atoms with Gasteiger partial charge in [0.25, 0.3) is 17.1 Å². The molecule has 3 aromatic rings. The van der Waals surface area contributed by atoms with E-state index in [1.807, 2.05) is 56.3 Å². The molecule has 8 nitrogen and oxygen atoms in total. The molecule has 1 saturated heterocycles.